The Morgan fingerprint density at radius 2 is 1.52 bits per heavy atom. The molecule has 0 spiro atoms. The quantitative estimate of drug-likeness (QED) is 0.323. The van der Waals surface area contributed by atoms with Crippen LogP contribution in [0.2, 0.25) is 0 Å². The second-order valence-corrected chi connectivity index (χ2v) is 6.50. The summed E-state index contributed by atoms with van der Waals surface area (Å²) < 4.78 is 52.5. The minimum atomic E-state index is -2.49. The van der Waals surface area contributed by atoms with Crippen LogP contribution in [0.4, 0.5) is 17.6 Å². The summed E-state index contributed by atoms with van der Waals surface area (Å²) in [6, 6.07) is 0. The fraction of sp³-hybridized carbons (Fsp3) is 0.750. The second-order valence-electron chi connectivity index (χ2n) is 5.36. The molecule has 21 heavy (non-hydrogen) atoms. The van der Waals surface area contributed by atoms with Crippen molar-refractivity contribution < 1.29 is 17.6 Å². The molecule has 0 fully saturated rings. The third-order valence-electron chi connectivity index (χ3n) is 3.51. The van der Waals surface area contributed by atoms with Crippen LogP contribution in [0.1, 0.15) is 58.3 Å². The minimum absolute atomic E-state index is 0.100. The molecule has 0 aromatic carbocycles. The number of hydrogen-bond acceptors (Lipinski definition) is 1. The molecule has 1 rings (SSSR count). The zero-order valence-electron chi connectivity index (χ0n) is 12.5. The lowest BCUT2D eigenvalue weighted by Gasteiger charge is -2.17. The van der Waals surface area contributed by atoms with Crippen molar-refractivity contribution in [1.82, 2.24) is 0 Å². The van der Waals surface area contributed by atoms with E-state index in [2.05, 4.69) is 6.92 Å². The first-order valence-electron chi connectivity index (χ1n) is 7.76. The molecular weight excluding hydrogens is 300 g/mol. The molecule has 1 aliphatic carbocycles. The fourth-order valence-electron chi connectivity index (χ4n) is 2.21. The van der Waals surface area contributed by atoms with Gasteiger partial charge in [-0.2, -0.15) is 0 Å². The van der Waals surface area contributed by atoms with Crippen LogP contribution in [-0.2, 0) is 0 Å². The molecule has 0 bridgehead atoms. The maximum Gasteiger partial charge on any atom is 0.189 e. The van der Waals surface area contributed by atoms with E-state index in [4.69, 9.17) is 0 Å². The van der Waals surface area contributed by atoms with E-state index in [-0.39, 0.29) is 4.91 Å². The van der Waals surface area contributed by atoms with E-state index < -0.39 is 24.0 Å². The molecule has 122 valence electrons. The molecule has 0 nitrogen and oxygen atoms in total. The van der Waals surface area contributed by atoms with Crippen molar-refractivity contribution in [2.75, 3.05) is 5.75 Å². The molecule has 0 aliphatic heterocycles. The van der Waals surface area contributed by atoms with Crippen molar-refractivity contribution in [2.24, 2.45) is 0 Å². The van der Waals surface area contributed by atoms with Crippen molar-refractivity contribution in [3.05, 3.63) is 22.6 Å². The molecule has 0 radical (unpaired) electrons. The molecular formula is C16H24F4S. The van der Waals surface area contributed by atoms with Gasteiger partial charge in [0.15, 0.2) is 24.0 Å². The highest BCUT2D eigenvalue weighted by Crippen LogP contribution is 2.37. The zero-order valence-corrected chi connectivity index (χ0v) is 13.3. The summed E-state index contributed by atoms with van der Waals surface area (Å²) in [4.78, 5) is -0.100. The number of thioether (sulfide) groups is 1. The first-order chi connectivity index (χ1) is 10.1. The van der Waals surface area contributed by atoms with Gasteiger partial charge in [0.05, 0.1) is 0 Å². The zero-order chi connectivity index (χ0) is 15.7. The van der Waals surface area contributed by atoms with Crippen LogP contribution in [-0.4, -0.2) is 18.1 Å². The molecule has 2 atom stereocenters. The van der Waals surface area contributed by atoms with Crippen LogP contribution in [0.5, 0.6) is 0 Å². The number of rotatable bonds is 10. The van der Waals surface area contributed by atoms with Gasteiger partial charge in [0.1, 0.15) is 0 Å². The summed E-state index contributed by atoms with van der Waals surface area (Å²) in [6.45, 7) is 2.18. The van der Waals surface area contributed by atoms with Crippen LogP contribution in [0.3, 0.4) is 0 Å². The third-order valence-corrected chi connectivity index (χ3v) is 4.63. The van der Waals surface area contributed by atoms with E-state index in [0.717, 1.165) is 37.1 Å². The molecule has 0 heterocycles. The van der Waals surface area contributed by atoms with Gasteiger partial charge < -0.3 is 0 Å². The highest BCUT2D eigenvalue weighted by atomic mass is 32.2. The molecule has 1 aliphatic rings. The summed E-state index contributed by atoms with van der Waals surface area (Å²) in [7, 11) is 0. The van der Waals surface area contributed by atoms with E-state index in [0.29, 0.717) is 5.75 Å². The Kier molecular flexibility index (Phi) is 9.13. The van der Waals surface area contributed by atoms with Gasteiger partial charge in [-0.3, -0.25) is 0 Å². The maximum absolute atomic E-state index is 13.4. The molecule has 0 aromatic rings. The normalized spacial score (nSPS) is 22.6. The van der Waals surface area contributed by atoms with Crippen molar-refractivity contribution >= 4 is 11.8 Å². The van der Waals surface area contributed by atoms with Crippen LogP contribution in [0.25, 0.3) is 0 Å². The lowest BCUT2D eigenvalue weighted by atomic mass is 10.1. The standard InChI is InChI=1S/C16H24F4S/c1-2-3-4-5-6-7-8-9-10-21-13-11-12(17)14(18)16(20)15(13)19/h11-12,14H,2-10H2,1H3. The van der Waals surface area contributed by atoms with Crippen molar-refractivity contribution in [3.63, 3.8) is 0 Å². The van der Waals surface area contributed by atoms with Crippen LogP contribution >= 0.6 is 11.8 Å². The number of halogens is 4. The summed E-state index contributed by atoms with van der Waals surface area (Å²) >= 11 is 1.07. The van der Waals surface area contributed by atoms with Crippen LogP contribution in [0.15, 0.2) is 22.6 Å². The first-order valence-corrected chi connectivity index (χ1v) is 8.74. The van der Waals surface area contributed by atoms with Crippen LogP contribution < -0.4 is 0 Å². The smallest absolute Gasteiger partial charge is 0.189 e. The van der Waals surface area contributed by atoms with E-state index >= 15 is 0 Å². The van der Waals surface area contributed by atoms with Gasteiger partial charge in [-0.1, -0.05) is 51.9 Å². The highest BCUT2D eigenvalue weighted by molar-refractivity contribution is 8.03. The predicted octanol–water partition coefficient (Wildman–Crippen LogP) is 6.58. The first kappa shape index (κ1) is 18.6. The Morgan fingerprint density at radius 3 is 2.14 bits per heavy atom. The van der Waals surface area contributed by atoms with Gasteiger partial charge in [-0.25, -0.2) is 17.6 Å². The van der Waals surface area contributed by atoms with E-state index in [1.165, 1.54) is 32.1 Å². The largest absolute Gasteiger partial charge is 0.239 e. The number of unbranched alkanes of at least 4 members (excludes halogenated alkanes) is 7. The summed E-state index contributed by atoms with van der Waals surface area (Å²) in [6.07, 6.45) is 5.55. The number of alkyl halides is 2. The third kappa shape index (κ3) is 6.45. The molecule has 0 aromatic heterocycles. The fourth-order valence-corrected chi connectivity index (χ4v) is 3.23. The van der Waals surface area contributed by atoms with Crippen molar-refractivity contribution in [1.29, 1.82) is 0 Å². The maximum atomic E-state index is 13.4. The Labute approximate surface area is 129 Å². The Balaban J connectivity index is 2.14. The van der Waals surface area contributed by atoms with Crippen molar-refractivity contribution in [2.45, 2.75) is 70.6 Å². The highest BCUT2D eigenvalue weighted by Gasteiger charge is 2.33. The lowest BCUT2D eigenvalue weighted by molar-refractivity contribution is 0.199. The molecule has 0 N–H and O–H groups in total. The van der Waals surface area contributed by atoms with Crippen molar-refractivity contribution in [3.8, 4) is 0 Å². The van der Waals surface area contributed by atoms with Gasteiger partial charge in [-0.05, 0) is 18.2 Å². The van der Waals surface area contributed by atoms with Gasteiger partial charge in [-0.15, -0.1) is 11.8 Å². The van der Waals surface area contributed by atoms with Crippen LogP contribution in [0, 0.1) is 0 Å². The predicted molar refractivity (Wildman–Crippen MR) is 82.2 cm³/mol. The topological polar surface area (TPSA) is 0 Å². The van der Waals surface area contributed by atoms with E-state index in [1.807, 2.05) is 0 Å². The SMILES string of the molecule is CCCCCCCCCCSC1=CC(F)C(F)C(F)=C1F. The molecule has 0 saturated heterocycles. The molecule has 5 heteroatoms. The van der Waals surface area contributed by atoms with Gasteiger partial charge >= 0.3 is 0 Å². The van der Waals surface area contributed by atoms with E-state index in [1.54, 1.807) is 0 Å². The average Bonchev–Trinajstić information content (AvgIpc) is 2.48. The Hall–Kier alpha value is -0.450. The minimum Gasteiger partial charge on any atom is -0.239 e. The van der Waals surface area contributed by atoms with Gasteiger partial charge in [0, 0.05) is 4.91 Å². The Morgan fingerprint density at radius 1 is 0.952 bits per heavy atom. The lowest BCUT2D eigenvalue weighted by Crippen LogP contribution is -2.20. The van der Waals surface area contributed by atoms with E-state index in [9.17, 15) is 17.6 Å². The summed E-state index contributed by atoms with van der Waals surface area (Å²) in [5, 5.41) is 0. The monoisotopic (exact) mass is 324 g/mol. The Bertz CT molecular complexity index is 365. The molecule has 2 unspecified atom stereocenters. The second kappa shape index (κ2) is 10.3. The average molecular weight is 324 g/mol. The summed E-state index contributed by atoms with van der Waals surface area (Å²) in [5.74, 6) is -2.24. The van der Waals surface area contributed by atoms with Gasteiger partial charge in [0.2, 0.25) is 0 Å². The summed E-state index contributed by atoms with van der Waals surface area (Å²) in [5.41, 5.74) is 0. The number of hydrogen-bond donors (Lipinski definition) is 0. The number of allylic oxidation sites excluding steroid dienone is 3. The molecule has 0 saturated carbocycles. The van der Waals surface area contributed by atoms with Gasteiger partial charge in [0.25, 0.3) is 0 Å². The molecule has 0 amide bonds.